The summed E-state index contributed by atoms with van der Waals surface area (Å²) in [7, 11) is 1.56. The predicted molar refractivity (Wildman–Crippen MR) is 95.9 cm³/mol. The minimum absolute atomic E-state index is 0.0455. The molecule has 0 fully saturated rings. The number of nitrogens with zero attached hydrogens (tertiary/aromatic N) is 3. The highest BCUT2D eigenvalue weighted by atomic mass is 19.4. The maximum absolute atomic E-state index is 13.4. The lowest BCUT2D eigenvalue weighted by atomic mass is 10.1. The van der Waals surface area contributed by atoms with E-state index >= 15 is 0 Å². The molecule has 0 saturated carbocycles. The Balaban J connectivity index is 2.34. The van der Waals surface area contributed by atoms with E-state index in [2.05, 4.69) is 16.9 Å². The van der Waals surface area contributed by atoms with Gasteiger partial charge in [-0.25, -0.2) is 4.98 Å². The third kappa shape index (κ3) is 5.09. The molecule has 0 aliphatic rings. The Morgan fingerprint density at radius 3 is 2.35 bits per heavy atom. The molecule has 1 aromatic heterocycles. The van der Waals surface area contributed by atoms with Crippen LogP contribution in [0, 0.1) is 0 Å². The number of benzene rings is 1. The summed E-state index contributed by atoms with van der Waals surface area (Å²) in [5.41, 5.74) is 0.876. The molecule has 1 aromatic carbocycles. The molecule has 0 amide bonds. The van der Waals surface area contributed by atoms with Gasteiger partial charge >= 0.3 is 12.2 Å². The zero-order chi connectivity index (χ0) is 19.2. The lowest BCUT2D eigenvalue weighted by Crippen LogP contribution is -2.19. The van der Waals surface area contributed by atoms with Crippen molar-refractivity contribution in [2.45, 2.75) is 45.7 Å². The Kier molecular flexibility index (Phi) is 6.83. The van der Waals surface area contributed by atoms with Gasteiger partial charge in [0.05, 0.1) is 6.61 Å². The number of halogens is 3. The molecular weight excluding hydrogens is 343 g/mol. The number of aryl methyl sites for hydroxylation is 1. The van der Waals surface area contributed by atoms with E-state index in [1.807, 2.05) is 19.1 Å². The minimum atomic E-state index is -4.55. The normalized spacial score (nSPS) is 11.5. The van der Waals surface area contributed by atoms with Crippen molar-refractivity contribution >= 4 is 11.5 Å². The van der Waals surface area contributed by atoms with Crippen LogP contribution in [-0.2, 0) is 12.6 Å². The van der Waals surface area contributed by atoms with Crippen LogP contribution in [0.4, 0.5) is 24.7 Å². The van der Waals surface area contributed by atoms with Crippen molar-refractivity contribution in [1.82, 2.24) is 9.97 Å². The number of unbranched alkanes of at least 4 members (excludes halogenated alkanes) is 1. The summed E-state index contributed by atoms with van der Waals surface area (Å²) >= 11 is 0. The van der Waals surface area contributed by atoms with E-state index in [9.17, 15) is 13.2 Å². The van der Waals surface area contributed by atoms with E-state index in [1.165, 1.54) is 4.90 Å². The van der Waals surface area contributed by atoms with Gasteiger partial charge in [-0.3, -0.25) is 0 Å². The molecule has 0 radical (unpaired) electrons. The monoisotopic (exact) mass is 367 g/mol. The maximum Gasteiger partial charge on any atom is 0.421 e. The number of rotatable bonds is 8. The van der Waals surface area contributed by atoms with Crippen molar-refractivity contribution < 1.29 is 17.9 Å². The lowest BCUT2D eigenvalue weighted by molar-refractivity contribution is -0.137. The van der Waals surface area contributed by atoms with Crippen LogP contribution in [0.15, 0.2) is 30.5 Å². The average molecular weight is 367 g/mol. The topological polar surface area (TPSA) is 38.2 Å². The molecule has 7 heteroatoms. The largest absolute Gasteiger partial charge is 0.463 e. The molecule has 142 valence electrons. The summed E-state index contributed by atoms with van der Waals surface area (Å²) in [5.74, 6) is -0.220. The highest BCUT2D eigenvalue weighted by Crippen LogP contribution is 2.37. The number of aromatic nitrogens is 2. The Morgan fingerprint density at radius 2 is 1.77 bits per heavy atom. The molecule has 0 spiro atoms. The first-order valence-electron chi connectivity index (χ1n) is 8.76. The molecule has 2 rings (SSSR count). The van der Waals surface area contributed by atoms with Gasteiger partial charge in [0.1, 0.15) is 5.56 Å². The fourth-order valence-electron chi connectivity index (χ4n) is 2.49. The first-order chi connectivity index (χ1) is 12.4. The van der Waals surface area contributed by atoms with Crippen molar-refractivity contribution in [2.24, 2.45) is 0 Å². The SMILES string of the molecule is CCCCOc1ncc(C(F)(F)F)c(N(C)c2ccc(CCC)cc2)n1. The summed E-state index contributed by atoms with van der Waals surface area (Å²) < 4.78 is 45.5. The Bertz CT molecular complexity index is 702. The Morgan fingerprint density at radius 1 is 1.08 bits per heavy atom. The zero-order valence-corrected chi connectivity index (χ0v) is 15.3. The smallest absolute Gasteiger partial charge is 0.421 e. The third-order valence-corrected chi connectivity index (χ3v) is 3.96. The van der Waals surface area contributed by atoms with Gasteiger partial charge in [0.25, 0.3) is 0 Å². The van der Waals surface area contributed by atoms with Crippen LogP contribution < -0.4 is 9.64 Å². The van der Waals surface area contributed by atoms with Gasteiger partial charge in [-0.2, -0.15) is 18.2 Å². The average Bonchev–Trinajstić information content (AvgIpc) is 2.61. The van der Waals surface area contributed by atoms with E-state index in [0.717, 1.165) is 37.4 Å². The van der Waals surface area contributed by atoms with Crippen molar-refractivity contribution in [3.05, 3.63) is 41.6 Å². The Hall–Kier alpha value is -2.31. The summed E-state index contributed by atoms with van der Waals surface area (Å²) in [6.07, 6.45) is -0.121. The summed E-state index contributed by atoms with van der Waals surface area (Å²) in [4.78, 5) is 9.14. The van der Waals surface area contributed by atoms with Crippen LogP contribution in [0.25, 0.3) is 0 Å². The molecule has 0 aliphatic heterocycles. The first kappa shape index (κ1) is 20.0. The zero-order valence-electron chi connectivity index (χ0n) is 15.3. The highest BCUT2D eigenvalue weighted by Gasteiger charge is 2.36. The van der Waals surface area contributed by atoms with Crippen molar-refractivity contribution in [1.29, 1.82) is 0 Å². The lowest BCUT2D eigenvalue weighted by Gasteiger charge is -2.22. The molecule has 2 aromatic rings. The molecule has 0 N–H and O–H groups in total. The van der Waals surface area contributed by atoms with Gasteiger partial charge in [0.2, 0.25) is 0 Å². The van der Waals surface area contributed by atoms with Crippen LogP contribution in [0.5, 0.6) is 6.01 Å². The fourth-order valence-corrected chi connectivity index (χ4v) is 2.49. The van der Waals surface area contributed by atoms with E-state index in [0.29, 0.717) is 12.3 Å². The second-order valence-corrected chi connectivity index (χ2v) is 6.07. The predicted octanol–water partition coefficient (Wildman–Crippen LogP) is 5.39. The van der Waals surface area contributed by atoms with E-state index in [-0.39, 0.29) is 11.8 Å². The van der Waals surface area contributed by atoms with Crippen LogP contribution in [-0.4, -0.2) is 23.6 Å². The Labute approximate surface area is 152 Å². The second kappa shape index (κ2) is 8.87. The van der Waals surface area contributed by atoms with E-state index < -0.39 is 11.7 Å². The number of hydrogen-bond donors (Lipinski definition) is 0. The van der Waals surface area contributed by atoms with Gasteiger partial charge in [0.15, 0.2) is 5.82 Å². The van der Waals surface area contributed by atoms with Crippen LogP contribution >= 0.6 is 0 Å². The highest BCUT2D eigenvalue weighted by molar-refractivity contribution is 5.63. The number of alkyl halides is 3. The number of ether oxygens (including phenoxy) is 1. The molecule has 4 nitrogen and oxygen atoms in total. The van der Waals surface area contributed by atoms with Gasteiger partial charge in [-0.15, -0.1) is 0 Å². The van der Waals surface area contributed by atoms with Crippen LogP contribution in [0.2, 0.25) is 0 Å². The molecule has 0 saturated heterocycles. The first-order valence-corrected chi connectivity index (χ1v) is 8.76. The quantitative estimate of drug-likeness (QED) is 0.586. The minimum Gasteiger partial charge on any atom is -0.463 e. The van der Waals surface area contributed by atoms with Crippen molar-refractivity contribution in [3.8, 4) is 6.01 Å². The summed E-state index contributed by atoms with van der Waals surface area (Å²) in [6.45, 7) is 4.45. The van der Waals surface area contributed by atoms with Crippen molar-refractivity contribution in [3.63, 3.8) is 0 Å². The molecule has 0 unspecified atom stereocenters. The summed E-state index contributed by atoms with van der Waals surface area (Å²) in [5, 5.41) is 0. The maximum atomic E-state index is 13.4. The number of anilines is 2. The van der Waals surface area contributed by atoms with Gasteiger partial charge in [-0.05, 0) is 30.5 Å². The molecule has 26 heavy (non-hydrogen) atoms. The van der Waals surface area contributed by atoms with Crippen molar-refractivity contribution in [2.75, 3.05) is 18.6 Å². The molecular formula is C19H24F3N3O. The van der Waals surface area contributed by atoms with E-state index in [4.69, 9.17) is 4.74 Å². The van der Waals surface area contributed by atoms with E-state index in [1.54, 1.807) is 19.2 Å². The molecule has 0 aliphatic carbocycles. The second-order valence-electron chi connectivity index (χ2n) is 6.07. The molecule has 0 atom stereocenters. The molecule has 0 bridgehead atoms. The van der Waals surface area contributed by atoms with Gasteiger partial charge in [-0.1, -0.05) is 38.8 Å². The molecule has 1 heterocycles. The van der Waals surface area contributed by atoms with Crippen LogP contribution in [0.1, 0.15) is 44.2 Å². The standard InChI is InChI=1S/C19H24F3N3O/c1-4-6-12-26-18-23-13-16(19(20,21)22)17(24-18)25(3)15-10-8-14(7-5-2)9-11-15/h8-11,13H,4-7,12H2,1-3H3. The van der Waals surface area contributed by atoms with Gasteiger partial charge < -0.3 is 9.64 Å². The third-order valence-electron chi connectivity index (χ3n) is 3.96. The van der Waals surface area contributed by atoms with Gasteiger partial charge in [0, 0.05) is 18.9 Å². The fraction of sp³-hybridized carbons (Fsp3) is 0.474. The number of hydrogen-bond acceptors (Lipinski definition) is 4. The van der Waals surface area contributed by atoms with Crippen LogP contribution in [0.3, 0.4) is 0 Å². The summed E-state index contributed by atoms with van der Waals surface area (Å²) in [6, 6.07) is 7.39.